The van der Waals surface area contributed by atoms with E-state index in [4.69, 9.17) is 5.10 Å². The van der Waals surface area contributed by atoms with Gasteiger partial charge in [-0.1, -0.05) is 34.1 Å². The molecule has 1 saturated heterocycles. The minimum atomic E-state index is 0.490. The van der Waals surface area contributed by atoms with E-state index >= 15 is 0 Å². The maximum atomic E-state index is 4.71. The van der Waals surface area contributed by atoms with Gasteiger partial charge in [0.2, 0.25) is 0 Å². The van der Waals surface area contributed by atoms with Gasteiger partial charge in [-0.2, -0.15) is 5.10 Å². The van der Waals surface area contributed by atoms with Crippen LogP contribution in [0.1, 0.15) is 24.6 Å². The Morgan fingerprint density at radius 1 is 1.32 bits per heavy atom. The van der Waals surface area contributed by atoms with Gasteiger partial charge in [0.15, 0.2) is 0 Å². The zero-order valence-corrected chi connectivity index (χ0v) is 12.7. The third kappa shape index (κ3) is 2.60. The molecule has 19 heavy (non-hydrogen) atoms. The number of aryl methyl sites for hydroxylation is 1. The van der Waals surface area contributed by atoms with E-state index in [9.17, 15) is 0 Å². The van der Waals surface area contributed by atoms with E-state index in [1.54, 1.807) is 0 Å². The van der Waals surface area contributed by atoms with Gasteiger partial charge in [-0.25, -0.2) is 0 Å². The maximum absolute atomic E-state index is 4.71. The first-order chi connectivity index (χ1) is 9.25. The number of hydrogen-bond donors (Lipinski definition) is 1. The Morgan fingerprint density at radius 3 is 2.89 bits per heavy atom. The van der Waals surface area contributed by atoms with Crippen LogP contribution in [0.2, 0.25) is 0 Å². The molecule has 1 aromatic heterocycles. The summed E-state index contributed by atoms with van der Waals surface area (Å²) in [6, 6.07) is 8.81. The van der Waals surface area contributed by atoms with Gasteiger partial charge in [-0.05, 0) is 37.9 Å². The molecule has 100 valence electrons. The van der Waals surface area contributed by atoms with Crippen LogP contribution in [0.4, 0.5) is 0 Å². The molecule has 1 atom stereocenters. The van der Waals surface area contributed by atoms with Crippen molar-refractivity contribution in [2.75, 3.05) is 13.1 Å². The van der Waals surface area contributed by atoms with Gasteiger partial charge in [-0.15, -0.1) is 0 Å². The summed E-state index contributed by atoms with van der Waals surface area (Å²) in [4.78, 5) is 0. The van der Waals surface area contributed by atoms with Crippen LogP contribution in [0, 0.1) is 6.92 Å². The second-order valence-electron chi connectivity index (χ2n) is 5.09. The Hall–Kier alpha value is -1.13. The molecule has 1 aliphatic heterocycles. The van der Waals surface area contributed by atoms with Crippen molar-refractivity contribution >= 4 is 15.9 Å². The van der Waals surface area contributed by atoms with Crippen LogP contribution in [-0.2, 0) is 0 Å². The molecule has 3 nitrogen and oxygen atoms in total. The Labute approximate surface area is 122 Å². The number of aromatic nitrogens is 2. The van der Waals surface area contributed by atoms with Crippen LogP contribution in [0.25, 0.3) is 11.1 Å². The van der Waals surface area contributed by atoms with Crippen molar-refractivity contribution in [1.29, 1.82) is 0 Å². The molecule has 3 rings (SSSR count). The average molecular weight is 320 g/mol. The summed E-state index contributed by atoms with van der Waals surface area (Å²) in [6.07, 6.45) is 4.63. The number of nitrogens with one attached hydrogen (secondary N) is 1. The maximum Gasteiger partial charge on any atom is 0.0672 e. The van der Waals surface area contributed by atoms with Crippen LogP contribution in [0.5, 0.6) is 0 Å². The monoisotopic (exact) mass is 319 g/mol. The molecule has 0 amide bonds. The third-order valence-electron chi connectivity index (χ3n) is 3.73. The van der Waals surface area contributed by atoms with Crippen LogP contribution in [0.3, 0.4) is 0 Å². The van der Waals surface area contributed by atoms with Crippen molar-refractivity contribution in [3.8, 4) is 11.1 Å². The highest BCUT2D eigenvalue weighted by atomic mass is 79.9. The minimum Gasteiger partial charge on any atom is -0.315 e. The lowest BCUT2D eigenvalue weighted by atomic mass is 10.1. The Bertz CT molecular complexity index is 571. The van der Waals surface area contributed by atoms with Crippen molar-refractivity contribution < 1.29 is 0 Å². The first-order valence-corrected chi connectivity index (χ1v) is 7.56. The number of benzene rings is 1. The van der Waals surface area contributed by atoms with E-state index in [0.29, 0.717) is 6.04 Å². The van der Waals surface area contributed by atoms with Gasteiger partial charge in [0, 0.05) is 22.8 Å². The van der Waals surface area contributed by atoms with Crippen LogP contribution in [-0.4, -0.2) is 22.9 Å². The molecule has 1 aliphatic rings. The topological polar surface area (TPSA) is 29.9 Å². The number of piperidine rings is 1. The van der Waals surface area contributed by atoms with Gasteiger partial charge < -0.3 is 5.32 Å². The fourth-order valence-corrected chi connectivity index (χ4v) is 3.17. The molecule has 0 aliphatic carbocycles. The second kappa shape index (κ2) is 5.47. The smallest absolute Gasteiger partial charge is 0.0672 e. The molecule has 1 aromatic carbocycles. The fourth-order valence-electron chi connectivity index (χ4n) is 2.67. The average Bonchev–Trinajstić information content (AvgIpc) is 2.82. The van der Waals surface area contributed by atoms with Gasteiger partial charge >= 0.3 is 0 Å². The number of nitrogens with zero attached hydrogens (tertiary/aromatic N) is 2. The van der Waals surface area contributed by atoms with Gasteiger partial charge in [0.1, 0.15) is 0 Å². The minimum absolute atomic E-state index is 0.490. The quantitative estimate of drug-likeness (QED) is 0.917. The Morgan fingerprint density at radius 2 is 2.16 bits per heavy atom. The largest absolute Gasteiger partial charge is 0.315 e. The van der Waals surface area contributed by atoms with Gasteiger partial charge in [-0.3, -0.25) is 4.68 Å². The Kier molecular flexibility index (Phi) is 3.71. The molecule has 0 saturated carbocycles. The summed E-state index contributed by atoms with van der Waals surface area (Å²) >= 11 is 3.62. The van der Waals surface area contributed by atoms with E-state index in [-0.39, 0.29) is 0 Å². The van der Waals surface area contributed by atoms with E-state index in [0.717, 1.165) is 23.3 Å². The van der Waals surface area contributed by atoms with Crippen molar-refractivity contribution in [3.63, 3.8) is 0 Å². The second-order valence-corrected chi connectivity index (χ2v) is 5.94. The van der Waals surface area contributed by atoms with Crippen molar-refractivity contribution in [1.82, 2.24) is 15.1 Å². The zero-order chi connectivity index (χ0) is 13.2. The third-order valence-corrected chi connectivity index (χ3v) is 4.42. The molecule has 1 unspecified atom stereocenters. The molecular weight excluding hydrogens is 302 g/mol. The highest BCUT2D eigenvalue weighted by Gasteiger charge is 2.18. The fraction of sp³-hybridized carbons (Fsp3) is 0.400. The molecule has 0 radical (unpaired) electrons. The summed E-state index contributed by atoms with van der Waals surface area (Å²) in [5.74, 6) is 0. The highest BCUT2D eigenvalue weighted by Crippen LogP contribution is 2.31. The lowest BCUT2D eigenvalue weighted by Crippen LogP contribution is -2.31. The molecule has 1 fully saturated rings. The highest BCUT2D eigenvalue weighted by molar-refractivity contribution is 9.10. The summed E-state index contributed by atoms with van der Waals surface area (Å²) < 4.78 is 3.26. The van der Waals surface area contributed by atoms with Crippen molar-refractivity contribution in [2.45, 2.75) is 25.8 Å². The molecule has 4 heteroatoms. The predicted molar refractivity (Wildman–Crippen MR) is 81.2 cm³/mol. The summed E-state index contributed by atoms with van der Waals surface area (Å²) in [6.45, 7) is 4.24. The molecule has 0 bridgehead atoms. The van der Waals surface area contributed by atoms with Crippen LogP contribution < -0.4 is 5.32 Å². The van der Waals surface area contributed by atoms with E-state index in [1.165, 1.54) is 24.0 Å². The Balaban J connectivity index is 1.95. The first-order valence-electron chi connectivity index (χ1n) is 6.77. The number of hydrogen-bond acceptors (Lipinski definition) is 2. The first kappa shape index (κ1) is 12.9. The normalized spacial score (nSPS) is 19.6. The number of rotatable bonds is 2. The molecule has 2 aromatic rings. The molecule has 1 N–H and O–H groups in total. The lowest BCUT2D eigenvalue weighted by Gasteiger charge is -2.22. The number of halogens is 1. The van der Waals surface area contributed by atoms with Crippen molar-refractivity contribution in [2.24, 2.45) is 0 Å². The van der Waals surface area contributed by atoms with E-state index in [1.807, 2.05) is 6.07 Å². The van der Waals surface area contributed by atoms with Crippen LogP contribution >= 0.6 is 15.9 Å². The standard InChI is InChI=1S/C15H18BrN3/c1-11-14(13-6-2-3-7-15(13)16)10-19(18-11)12-5-4-8-17-9-12/h2-3,6-7,10,12,17H,4-5,8-9H2,1H3. The predicted octanol–water partition coefficient (Wildman–Crippen LogP) is 3.55. The summed E-state index contributed by atoms with van der Waals surface area (Å²) in [7, 11) is 0. The van der Waals surface area contributed by atoms with Crippen molar-refractivity contribution in [3.05, 3.63) is 40.6 Å². The van der Waals surface area contributed by atoms with Crippen LogP contribution in [0.15, 0.2) is 34.9 Å². The molecule has 2 heterocycles. The SMILES string of the molecule is Cc1nn(C2CCCNC2)cc1-c1ccccc1Br. The van der Waals surface area contributed by atoms with E-state index in [2.05, 4.69) is 57.2 Å². The lowest BCUT2D eigenvalue weighted by molar-refractivity contribution is 0.346. The summed E-state index contributed by atoms with van der Waals surface area (Å²) in [5.41, 5.74) is 3.53. The van der Waals surface area contributed by atoms with Gasteiger partial charge in [0.05, 0.1) is 11.7 Å². The molecular formula is C15H18BrN3. The zero-order valence-electron chi connectivity index (χ0n) is 11.1. The van der Waals surface area contributed by atoms with Gasteiger partial charge in [0.25, 0.3) is 0 Å². The molecule has 0 spiro atoms. The summed E-state index contributed by atoms with van der Waals surface area (Å²) in [5, 5.41) is 8.15. The van der Waals surface area contributed by atoms with E-state index < -0.39 is 0 Å².